The number of aryl methyl sites for hydroxylation is 1. The predicted octanol–water partition coefficient (Wildman–Crippen LogP) is 3.78. The summed E-state index contributed by atoms with van der Waals surface area (Å²) < 4.78 is 5.75. The van der Waals surface area contributed by atoms with E-state index in [1.54, 1.807) is 0 Å². The van der Waals surface area contributed by atoms with Gasteiger partial charge in [-0.3, -0.25) is 0 Å². The lowest BCUT2D eigenvalue weighted by Crippen LogP contribution is -2.35. The van der Waals surface area contributed by atoms with Crippen molar-refractivity contribution in [3.8, 4) is 10.9 Å². The van der Waals surface area contributed by atoms with Crippen molar-refractivity contribution in [2.45, 2.75) is 46.2 Å². The van der Waals surface area contributed by atoms with Crippen LogP contribution in [0.15, 0.2) is 24.3 Å². The average molecular weight is 291 g/mol. The lowest BCUT2D eigenvalue weighted by Gasteiger charge is -2.19. The molecule has 0 aliphatic heterocycles. The van der Waals surface area contributed by atoms with E-state index in [9.17, 15) is 0 Å². The third kappa shape index (κ3) is 4.58. The maximum Gasteiger partial charge on any atom is 0.299 e. The molecule has 1 aromatic heterocycles. The first-order valence-corrected chi connectivity index (χ1v) is 7.62. The third-order valence-corrected chi connectivity index (χ3v) is 3.53. The monoisotopic (exact) mass is 291 g/mol. The van der Waals surface area contributed by atoms with Crippen molar-refractivity contribution in [1.29, 1.82) is 0 Å². The summed E-state index contributed by atoms with van der Waals surface area (Å²) in [6, 6.07) is 8.06. The SMILES string of the molecule is CCc1cccc(Oc2nnc(CNC(C)(C)C)s2)c1. The van der Waals surface area contributed by atoms with E-state index in [1.165, 1.54) is 16.9 Å². The highest BCUT2D eigenvalue weighted by molar-refractivity contribution is 7.13. The molecule has 4 nitrogen and oxygen atoms in total. The molecule has 1 heterocycles. The molecule has 2 rings (SSSR count). The highest BCUT2D eigenvalue weighted by Gasteiger charge is 2.12. The van der Waals surface area contributed by atoms with Gasteiger partial charge in [0.05, 0.1) is 6.54 Å². The molecule has 1 aromatic carbocycles. The minimum absolute atomic E-state index is 0.0716. The second kappa shape index (κ2) is 6.33. The van der Waals surface area contributed by atoms with Gasteiger partial charge < -0.3 is 10.1 Å². The van der Waals surface area contributed by atoms with E-state index in [-0.39, 0.29) is 5.54 Å². The van der Waals surface area contributed by atoms with Crippen LogP contribution in [0.3, 0.4) is 0 Å². The van der Waals surface area contributed by atoms with E-state index in [0.717, 1.165) is 17.2 Å². The molecule has 0 aliphatic rings. The summed E-state index contributed by atoms with van der Waals surface area (Å²) in [5.74, 6) is 0.816. The Bertz CT molecular complexity index is 560. The Morgan fingerprint density at radius 3 is 2.75 bits per heavy atom. The number of ether oxygens (including phenoxy) is 1. The Morgan fingerprint density at radius 1 is 1.25 bits per heavy atom. The molecule has 1 N–H and O–H groups in total. The fraction of sp³-hybridized carbons (Fsp3) is 0.467. The van der Waals surface area contributed by atoms with Crippen molar-refractivity contribution in [2.75, 3.05) is 0 Å². The third-order valence-electron chi connectivity index (χ3n) is 2.73. The van der Waals surface area contributed by atoms with Crippen LogP contribution in [-0.4, -0.2) is 15.7 Å². The van der Waals surface area contributed by atoms with Gasteiger partial charge in [0, 0.05) is 5.54 Å². The lowest BCUT2D eigenvalue weighted by molar-refractivity contribution is 0.423. The Labute approximate surface area is 124 Å². The van der Waals surface area contributed by atoms with E-state index in [2.05, 4.69) is 49.3 Å². The Balaban J connectivity index is 1.98. The number of nitrogens with one attached hydrogen (secondary N) is 1. The van der Waals surface area contributed by atoms with Crippen molar-refractivity contribution < 1.29 is 4.74 Å². The Kier molecular flexibility index (Phi) is 4.73. The number of hydrogen-bond donors (Lipinski definition) is 1. The zero-order chi connectivity index (χ0) is 14.6. The van der Waals surface area contributed by atoms with Crippen LogP contribution in [0.4, 0.5) is 0 Å². The highest BCUT2D eigenvalue weighted by Crippen LogP contribution is 2.25. The molecule has 0 bridgehead atoms. The maximum atomic E-state index is 5.75. The zero-order valence-electron chi connectivity index (χ0n) is 12.4. The fourth-order valence-corrected chi connectivity index (χ4v) is 2.27. The second-order valence-electron chi connectivity index (χ2n) is 5.67. The van der Waals surface area contributed by atoms with E-state index < -0.39 is 0 Å². The number of nitrogens with zero attached hydrogens (tertiary/aromatic N) is 2. The molecule has 5 heteroatoms. The first-order valence-electron chi connectivity index (χ1n) is 6.80. The molecule has 0 aliphatic carbocycles. The van der Waals surface area contributed by atoms with Crippen LogP contribution in [0, 0.1) is 0 Å². The highest BCUT2D eigenvalue weighted by atomic mass is 32.1. The van der Waals surface area contributed by atoms with Crippen LogP contribution in [0.25, 0.3) is 0 Å². The number of hydrogen-bond acceptors (Lipinski definition) is 5. The summed E-state index contributed by atoms with van der Waals surface area (Å²) in [7, 11) is 0. The van der Waals surface area contributed by atoms with Gasteiger partial charge in [0.1, 0.15) is 10.8 Å². The molecule has 20 heavy (non-hydrogen) atoms. The first kappa shape index (κ1) is 14.9. The maximum absolute atomic E-state index is 5.75. The molecule has 2 aromatic rings. The van der Waals surface area contributed by atoms with E-state index in [4.69, 9.17) is 4.74 Å². The second-order valence-corrected chi connectivity index (χ2v) is 6.69. The van der Waals surface area contributed by atoms with Crippen LogP contribution in [-0.2, 0) is 13.0 Å². The normalized spacial score (nSPS) is 11.6. The molecule has 0 radical (unpaired) electrons. The average Bonchev–Trinajstić information content (AvgIpc) is 2.83. The van der Waals surface area contributed by atoms with Crippen LogP contribution in [0.1, 0.15) is 38.3 Å². The Hall–Kier alpha value is -1.46. The van der Waals surface area contributed by atoms with Gasteiger partial charge >= 0.3 is 0 Å². The van der Waals surface area contributed by atoms with Gasteiger partial charge in [-0.1, -0.05) is 35.5 Å². The standard InChI is InChI=1S/C15H21N3OS/c1-5-11-7-6-8-12(9-11)19-14-18-17-13(20-14)10-16-15(2,3)4/h6-9,16H,5,10H2,1-4H3. The minimum atomic E-state index is 0.0716. The van der Waals surface area contributed by atoms with Gasteiger partial charge in [-0.25, -0.2) is 0 Å². The van der Waals surface area contributed by atoms with Gasteiger partial charge in [0.2, 0.25) is 0 Å². The molecule has 0 atom stereocenters. The largest absolute Gasteiger partial charge is 0.430 e. The zero-order valence-corrected chi connectivity index (χ0v) is 13.3. The Morgan fingerprint density at radius 2 is 2.05 bits per heavy atom. The van der Waals surface area contributed by atoms with Crippen LogP contribution < -0.4 is 10.1 Å². The summed E-state index contributed by atoms with van der Waals surface area (Å²) >= 11 is 1.47. The smallest absolute Gasteiger partial charge is 0.299 e. The van der Waals surface area contributed by atoms with Gasteiger partial charge in [-0.15, -0.1) is 5.10 Å². The minimum Gasteiger partial charge on any atom is -0.430 e. The van der Waals surface area contributed by atoms with E-state index >= 15 is 0 Å². The van der Waals surface area contributed by atoms with Gasteiger partial charge in [-0.05, 0) is 44.9 Å². The van der Waals surface area contributed by atoms with Crippen molar-refractivity contribution in [2.24, 2.45) is 0 Å². The van der Waals surface area contributed by atoms with Gasteiger partial charge in [0.15, 0.2) is 0 Å². The first-order chi connectivity index (χ1) is 9.46. The number of benzene rings is 1. The molecule has 108 valence electrons. The summed E-state index contributed by atoms with van der Waals surface area (Å²) in [4.78, 5) is 0. The molecule has 0 spiro atoms. The summed E-state index contributed by atoms with van der Waals surface area (Å²) in [5, 5.41) is 13.1. The molecular weight excluding hydrogens is 270 g/mol. The molecule has 0 saturated carbocycles. The van der Waals surface area contributed by atoms with Crippen molar-refractivity contribution >= 4 is 11.3 Å². The van der Waals surface area contributed by atoms with Crippen LogP contribution in [0.2, 0.25) is 0 Å². The van der Waals surface area contributed by atoms with Crippen molar-refractivity contribution in [1.82, 2.24) is 15.5 Å². The summed E-state index contributed by atoms with van der Waals surface area (Å²) in [6.45, 7) is 9.21. The number of rotatable bonds is 5. The number of aromatic nitrogens is 2. The topological polar surface area (TPSA) is 47.0 Å². The van der Waals surface area contributed by atoms with E-state index in [1.807, 2.05) is 18.2 Å². The van der Waals surface area contributed by atoms with Crippen LogP contribution >= 0.6 is 11.3 Å². The summed E-state index contributed by atoms with van der Waals surface area (Å²) in [5.41, 5.74) is 1.32. The van der Waals surface area contributed by atoms with Gasteiger partial charge in [0.25, 0.3) is 5.19 Å². The molecule has 0 saturated heterocycles. The van der Waals surface area contributed by atoms with Crippen molar-refractivity contribution in [3.63, 3.8) is 0 Å². The summed E-state index contributed by atoms with van der Waals surface area (Å²) in [6.07, 6.45) is 0.994. The van der Waals surface area contributed by atoms with Gasteiger partial charge in [-0.2, -0.15) is 0 Å². The van der Waals surface area contributed by atoms with Crippen LogP contribution in [0.5, 0.6) is 10.9 Å². The van der Waals surface area contributed by atoms with Crippen molar-refractivity contribution in [3.05, 3.63) is 34.8 Å². The lowest BCUT2D eigenvalue weighted by atomic mass is 10.1. The van der Waals surface area contributed by atoms with E-state index in [0.29, 0.717) is 11.7 Å². The quantitative estimate of drug-likeness (QED) is 0.910. The molecule has 0 unspecified atom stereocenters. The molecule has 0 fully saturated rings. The fourth-order valence-electron chi connectivity index (χ4n) is 1.62. The predicted molar refractivity (Wildman–Crippen MR) is 82.4 cm³/mol. The molecule has 0 amide bonds. The molecular formula is C15H21N3OS.